The molecule has 1 heterocycles. The molecule has 0 aliphatic rings. The van der Waals surface area contributed by atoms with E-state index < -0.39 is 16.0 Å². The highest BCUT2D eigenvalue weighted by molar-refractivity contribution is 7.88. The summed E-state index contributed by atoms with van der Waals surface area (Å²) in [4.78, 5) is 19.0. The van der Waals surface area contributed by atoms with Crippen LogP contribution in [0.1, 0.15) is 10.5 Å². The summed E-state index contributed by atoms with van der Waals surface area (Å²) < 4.78 is 28.4. The van der Waals surface area contributed by atoms with E-state index >= 15 is 0 Å². The van der Waals surface area contributed by atoms with Crippen LogP contribution in [0.5, 0.6) is 0 Å². The second-order valence-electron chi connectivity index (χ2n) is 3.37. The Labute approximate surface area is 105 Å². The Bertz CT molecular complexity index is 517. The molecule has 0 aliphatic carbocycles. The number of nitrogens with zero attached hydrogens (tertiary/aromatic N) is 2. The van der Waals surface area contributed by atoms with Gasteiger partial charge in [0.1, 0.15) is 5.82 Å². The van der Waals surface area contributed by atoms with Crippen LogP contribution in [0.4, 0.5) is 5.82 Å². The molecule has 0 aliphatic heterocycles. The van der Waals surface area contributed by atoms with Gasteiger partial charge in [0.2, 0.25) is 10.0 Å². The van der Waals surface area contributed by atoms with Crippen molar-refractivity contribution in [2.45, 2.75) is 0 Å². The summed E-state index contributed by atoms with van der Waals surface area (Å²) in [5, 5.41) is 2.83. The monoisotopic (exact) mass is 274 g/mol. The Morgan fingerprint density at radius 2 is 2.11 bits per heavy atom. The minimum atomic E-state index is -3.20. The van der Waals surface area contributed by atoms with Crippen LogP contribution >= 0.6 is 0 Å². The number of ether oxygens (including phenoxy) is 1. The van der Waals surface area contributed by atoms with Crippen LogP contribution in [0.15, 0.2) is 12.4 Å². The van der Waals surface area contributed by atoms with Gasteiger partial charge < -0.3 is 10.1 Å². The maximum Gasteiger partial charge on any atom is 0.358 e. The van der Waals surface area contributed by atoms with Gasteiger partial charge in [-0.15, -0.1) is 0 Å². The third-order valence-electron chi connectivity index (χ3n) is 1.82. The van der Waals surface area contributed by atoms with Crippen molar-refractivity contribution in [2.24, 2.45) is 0 Å². The van der Waals surface area contributed by atoms with Gasteiger partial charge in [-0.05, 0) is 0 Å². The Morgan fingerprint density at radius 1 is 1.39 bits per heavy atom. The standard InChI is InChI=1S/C9H14N4O4S/c1-17-9(14)7-5-10-6-8(13-7)11-3-4-12-18(2,15)16/h5-6,12H,3-4H2,1-2H3,(H,11,13). The van der Waals surface area contributed by atoms with Crippen molar-refractivity contribution < 1.29 is 17.9 Å². The van der Waals surface area contributed by atoms with Crippen LogP contribution in [0.3, 0.4) is 0 Å². The molecule has 0 bridgehead atoms. The van der Waals surface area contributed by atoms with E-state index in [0.29, 0.717) is 12.4 Å². The molecule has 0 saturated heterocycles. The number of aromatic nitrogens is 2. The number of sulfonamides is 1. The number of hydrogen-bond donors (Lipinski definition) is 2. The normalized spacial score (nSPS) is 11.0. The van der Waals surface area contributed by atoms with Crippen molar-refractivity contribution >= 4 is 21.8 Å². The molecule has 0 amide bonds. The molecule has 8 nitrogen and oxygen atoms in total. The second kappa shape index (κ2) is 6.26. The molecule has 0 spiro atoms. The molecule has 1 rings (SSSR count). The van der Waals surface area contributed by atoms with Gasteiger partial charge >= 0.3 is 5.97 Å². The lowest BCUT2D eigenvalue weighted by molar-refractivity contribution is 0.0593. The van der Waals surface area contributed by atoms with Crippen LogP contribution in [-0.4, -0.2) is 50.8 Å². The molecule has 0 aromatic carbocycles. The number of hydrogen-bond acceptors (Lipinski definition) is 7. The van der Waals surface area contributed by atoms with Crippen molar-refractivity contribution in [2.75, 3.05) is 31.8 Å². The van der Waals surface area contributed by atoms with Crippen molar-refractivity contribution in [1.29, 1.82) is 0 Å². The predicted octanol–water partition coefficient (Wildman–Crippen LogP) is -0.776. The SMILES string of the molecule is COC(=O)c1cncc(NCCNS(C)(=O)=O)n1. The van der Waals surface area contributed by atoms with E-state index in [9.17, 15) is 13.2 Å². The summed E-state index contributed by atoms with van der Waals surface area (Å²) in [5.74, 6) is -0.214. The van der Waals surface area contributed by atoms with E-state index in [1.165, 1.54) is 19.5 Å². The first kappa shape index (κ1) is 14.3. The van der Waals surface area contributed by atoms with Crippen molar-refractivity contribution in [1.82, 2.24) is 14.7 Å². The van der Waals surface area contributed by atoms with Crippen LogP contribution in [-0.2, 0) is 14.8 Å². The minimum Gasteiger partial charge on any atom is -0.464 e. The number of carbonyl (C=O) groups is 1. The molecule has 9 heteroatoms. The number of nitrogens with one attached hydrogen (secondary N) is 2. The predicted molar refractivity (Wildman–Crippen MR) is 64.7 cm³/mol. The number of methoxy groups -OCH3 is 1. The molecule has 0 unspecified atom stereocenters. The number of esters is 1. The molecular formula is C9H14N4O4S. The van der Waals surface area contributed by atoms with Crippen molar-refractivity contribution in [3.8, 4) is 0 Å². The largest absolute Gasteiger partial charge is 0.464 e. The van der Waals surface area contributed by atoms with Crippen LogP contribution < -0.4 is 10.0 Å². The lowest BCUT2D eigenvalue weighted by atomic mass is 10.4. The highest BCUT2D eigenvalue weighted by Gasteiger charge is 2.08. The van der Waals surface area contributed by atoms with E-state index in [1.807, 2.05) is 0 Å². The van der Waals surface area contributed by atoms with Gasteiger partial charge in [0.25, 0.3) is 0 Å². The third-order valence-corrected chi connectivity index (χ3v) is 2.55. The van der Waals surface area contributed by atoms with Crippen LogP contribution in [0, 0.1) is 0 Å². The smallest absolute Gasteiger partial charge is 0.358 e. The van der Waals surface area contributed by atoms with Crippen LogP contribution in [0.25, 0.3) is 0 Å². The van der Waals surface area contributed by atoms with E-state index in [-0.39, 0.29) is 12.2 Å². The summed E-state index contributed by atoms with van der Waals surface area (Å²) in [6.45, 7) is 0.537. The second-order valence-corrected chi connectivity index (χ2v) is 5.21. The molecule has 0 atom stereocenters. The molecule has 100 valence electrons. The van der Waals surface area contributed by atoms with E-state index in [1.54, 1.807) is 0 Å². The molecule has 0 radical (unpaired) electrons. The fourth-order valence-electron chi connectivity index (χ4n) is 1.08. The Morgan fingerprint density at radius 3 is 2.72 bits per heavy atom. The first-order chi connectivity index (χ1) is 8.42. The Kier molecular flexibility index (Phi) is 4.98. The zero-order valence-corrected chi connectivity index (χ0v) is 10.8. The van der Waals surface area contributed by atoms with Gasteiger partial charge in [0.15, 0.2) is 5.69 Å². The molecular weight excluding hydrogens is 260 g/mol. The molecule has 0 fully saturated rings. The molecule has 0 saturated carbocycles. The first-order valence-electron chi connectivity index (χ1n) is 5.01. The van der Waals surface area contributed by atoms with E-state index in [0.717, 1.165) is 6.26 Å². The zero-order valence-electron chi connectivity index (χ0n) is 10.0. The topological polar surface area (TPSA) is 110 Å². The average molecular weight is 274 g/mol. The highest BCUT2D eigenvalue weighted by Crippen LogP contribution is 2.02. The number of anilines is 1. The number of carbonyl (C=O) groups excluding carboxylic acids is 1. The lowest BCUT2D eigenvalue weighted by Gasteiger charge is -2.06. The average Bonchev–Trinajstić information content (AvgIpc) is 2.33. The third kappa shape index (κ3) is 5.06. The Hall–Kier alpha value is -1.74. The minimum absolute atomic E-state index is 0.0820. The fraction of sp³-hybridized carbons (Fsp3) is 0.444. The maximum atomic E-state index is 11.2. The molecule has 1 aromatic rings. The quantitative estimate of drug-likeness (QED) is 0.517. The van der Waals surface area contributed by atoms with Gasteiger partial charge in [0.05, 0.1) is 25.8 Å². The summed E-state index contributed by atoms with van der Waals surface area (Å²) in [7, 11) is -1.95. The van der Waals surface area contributed by atoms with E-state index in [2.05, 4.69) is 24.7 Å². The molecule has 18 heavy (non-hydrogen) atoms. The zero-order chi connectivity index (χ0) is 13.6. The highest BCUT2D eigenvalue weighted by atomic mass is 32.2. The lowest BCUT2D eigenvalue weighted by Crippen LogP contribution is -2.27. The van der Waals surface area contributed by atoms with Gasteiger partial charge in [-0.2, -0.15) is 0 Å². The first-order valence-corrected chi connectivity index (χ1v) is 6.90. The van der Waals surface area contributed by atoms with Crippen molar-refractivity contribution in [3.63, 3.8) is 0 Å². The summed E-state index contributed by atoms with van der Waals surface area (Å²) >= 11 is 0. The van der Waals surface area contributed by atoms with Gasteiger partial charge in [-0.1, -0.05) is 0 Å². The van der Waals surface area contributed by atoms with Gasteiger partial charge in [-0.25, -0.2) is 22.9 Å². The molecule has 1 aromatic heterocycles. The fourth-order valence-corrected chi connectivity index (χ4v) is 1.55. The summed E-state index contributed by atoms with van der Waals surface area (Å²) in [5.41, 5.74) is 0.0820. The Balaban J connectivity index is 2.50. The molecule has 2 N–H and O–H groups in total. The van der Waals surface area contributed by atoms with Gasteiger partial charge in [0, 0.05) is 13.1 Å². The van der Waals surface area contributed by atoms with Crippen LogP contribution in [0.2, 0.25) is 0 Å². The maximum absolute atomic E-state index is 11.2. The summed E-state index contributed by atoms with van der Waals surface area (Å²) in [6.07, 6.45) is 3.78. The number of rotatable bonds is 6. The van der Waals surface area contributed by atoms with E-state index in [4.69, 9.17) is 0 Å². The summed E-state index contributed by atoms with van der Waals surface area (Å²) in [6, 6.07) is 0. The van der Waals surface area contributed by atoms with Gasteiger partial charge in [-0.3, -0.25) is 4.98 Å². The van der Waals surface area contributed by atoms with Crippen molar-refractivity contribution in [3.05, 3.63) is 18.1 Å².